The number of rotatable bonds is 5. The average molecular weight is 490 g/mol. The van der Waals surface area contributed by atoms with Crippen LogP contribution in [0.2, 0.25) is 0 Å². The summed E-state index contributed by atoms with van der Waals surface area (Å²) in [6.07, 6.45) is 4.20. The molecule has 3 rings (SSSR count). The third kappa shape index (κ3) is 5.16. The normalized spacial score (nSPS) is 24.6. The maximum atomic E-state index is 11.9. The number of guanidine groups is 1. The van der Waals surface area contributed by atoms with E-state index >= 15 is 0 Å². The largest absolute Gasteiger partial charge is 0.469 e. The summed E-state index contributed by atoms with van der Waals surface area (Å²) in [5, 5.41) is 3.50. The first-order valence-electron chi connectivity index (χ1n) is 9.45. The number of nitrogens with zero attached hydrogens (tertiary/aromatic N) is 3. The Labute approximate surface area is 178 Å². The van der Waals surface area contributed by atoms with Crippen molar-refractivity contribution in [3.63, 3.8) is 0 Å². The summed E-state index contributed by atoms with van der Waals surface area (Å²) in [6.45, 7) is 6.45. The molecule has 2 aliphatic heterocycles. The fourth-order valence-corrected chi connectivity index (χ4v) is 4.06. The quantitative estimate of drug-likeness (QED) is 0.296. The summed E-state index contributed by atoms with van der Waals surface area (Å²) < 4.78 is 10.6. The van der Waals surface area contributed by atoms with Crippen LogP contribution in [-0.4, -0.2) is 68.6 Å². The first-order chi connectivity index (χ1) is 12.6. The lowest BCUT2D eigenvalue weighted by atomic mass is 9.99. The molecule has 0 amide bonds. The summed E-state index contributed by atoms with van der Waals surface area (Å²) >= 11 is 0. The average Bonchev–Trinajstić information content (AvgIpc) is 3.40. The second kappa shape index (κ2) is 10.3. The lowest BCUT2D eigenvalue weighted by Crippen LogP contribution is -2.44. The third-order valence-electron chi connectivity index (χ3n) is 5.53. The Morgan fingerprint density at radius 1 is 1.41 bits per heavy atom. The maximum absolute atomic E-state index is 11.9. The highest BCUT2D eigenvalue weighted by molar-refractivity contribution is 14.0. The van der Waals surface area contributed by atoms with E-state index in [0.29, 0.717) is 6.54 Å². The molecule has 1 aromatic rings. The SMILES string of the molecule is CN=C(NCC(c1ccco1)N1CCCC1)N1CC(C)C(C(=O)OC)C1.I. The molecule has 7 nitrogen and oxygen atoms in total. The molecule has 2 aliphatic rings. The number of furan rings is 1. The molecule has 3 unspecified atom stereocenters. The summed E-state index contributed by atoms with van der Waals surface area (Å²) in [7, 11) is 3.24. The number of nitrogens with one attached hydrogen (secondary N) is 1. The van der Waals surface area contributed by atoms with Crippen molar-refractivity contribution in [3.05, 3.63) is 24.2 Å². The summed E-state index contributed by atoms with van der Waals surface area (Å²) in [5.41, 5.74) is 0. The minimum atomic E-state index is -0.138. The molecule has 2 saturated heterocycles. The van der Waals surface area contributed by atoms with Crippen LogP contribution in [0.5, 0.6) is 0 Å². The molecule has 1 N–H and O–H groups in total. The number of halogens is 1. The van der Waals surface area contributed by atoms with Gasteiger partial charge in [-0.25, -0.2) is 0 Å². The van der Waals surface area contributed by atoms with Gasteiger partial charge in [0.25, 0.3) is 0 Å². The minimum Gasteiger partial charge on any atom is -0.469 e. The smallest absolute Gasteiger partial charge is 0.310 e. The predicted octanol–water partition coefficient (Wildman–Crippen LogP) is 2.35. The number of likely N-dealkylation sites (tertiary alicyclic amines) is 2. The Morgan fingerprint density at radius 3 is 2.74 bits per heavy atom. The van der Waals surface area contributed by atoms with Gasteiger partial charge < -0.3 is 19.4 Å². The van der Waals surface area contributed by atoms with Crippen molar-refractivity contribution in [1.29, 1.82) is 0 Å². The second-order valence-electron chi connectivity index (χ2n) is 7.21. The molecule has 0 aromatic carbocycles. The van der Waals surface area contributed by atoms with Crippen molar-refractivity contribution in [1.82, 2.24) is 15.1 Å². The molecule has 3 heterocycles. The number of methoxy groups -OCH3 is 1. The van der Waals surface area contributed by atoms with E-state index in [1.807, 2.05) is 12.1 Å². The van der Waals surface area contributed by atoms with E-state index in [2.05, 4.69) is 27.0 Å². The van der Waals surface area contributed by atoms with Gasteiger partial charge in [-0.3, -0.25) is 14.7 Å². The molecule has 0 radical (unpaired) electrons. The van der Waals surface area contributed by atoms with E-state index in [-0.39, 0.29) is 47.8 Å². The fourth-order valence-electron chi connectivity index (χ4n) is 4.06. The number of aliphatic imine (C=N–C) groups is 1. The van der Waals surface area contributed by atoms with Crippen LogP contribution in [0.1, 0.15) is 31.6 Å². The Bertz CT molecular complexity index is 616. The highest BCUT2D eigenvalue weighted by Gasteiger charge is 2.37. The molecule has 152 valence electrons. The lowest BCUT2D eigenvalue weighted by Gasteiger charge is -2.28. The highest BCUT2D eigenvalue weighted by Crippen LogP contribution is 2.26. The van der Waals surface area contributed by atoms with Crippen LogP contribution in [0.4, 0.5) is 0 Å². The van der Waals surface area contributed by atoms with Gasteiger partial charge in [0.15, 0.2) is 5.96 Å². The number of carbonyl (C=O) groups is 1. The van der Waals surface area contributed by atoms with Crippen LogP contribution < -0.4 is 5.32 Å². The van der Waals surface area contributed by atoms with E-state index in [1.54, 1.807) is 13.3 Å². The van der Waals surface area contributed by atoms with Crippen molar-refractivity contribution in [2.75, 3.05) is 46.9 Å². The van der Waals surface area contributed by atoms with Crippen molar-refractivity contribution >= 4 is 35.9 Å². The zero-order chi connectivity index (χ0) is 18.5. The van der Waals surface area contributed by atoms with Gasteiger partial charge in [-0.05, 0) is 44.0 Å². The zero-order valence-corrected chi connectivity index (χ0v) is 18.7. The molecular weight excluding hydrogens is 459 g/mol. The van der Waals surface area contributed by atoms with Crippen LogP contribution in [-0.2, 0) is 9.53 Å². The van der Waals surface area contributed by atoms with Gasteiger partial charge >= 0.3 is 5.97 Å². The predicted molar refractivity (Wildman–Crippen MR) is 115 cm³/mol. The van der Waals surface area contributed by atoms with Gasteiger partial charge in [-0.2, -0.15) is 0 Å². The number of ether oxygens (including phenoxy) is 1. The van der Waals surface area contributed by atoms with Gasteiger partial charge in [0, 0.05) is 26.7 Å². The second-order valence-corrected chi connectivity index (χ2v) is 7.21. The van der Waals surface area contributed by atoms with Gasteiger partial charge in [0.1, 0.15) is 5.76 Å². The zero-order valence-electron chi connectivity index (χ0n) is 16.4. The van der Waals surface area contributed by atoms with Crippen LogP contribution >= 0.6 is 24.0 Å². The number of hydrogen-bond acceptors (Lipinski definition) is 5. The van der Waals surface area contributed by atoms with E-state index in [9.17, 15) is 4.79 Å². The van der Waals surface area contributed by atoms with E-state index in [0.717, 1.165) is 37.9 Å². The Balaban J connectivity index is 0.00000261. The topological polar surface area (TPSA) is 70.3 Å². The van der Waals surface area contributed by atoms with Crippen LogP contribution in [0.3, 0.4) is 0 Å². The van der Waals surface area contributed by atoms with Crippen molar-refractivity contribution in [2.45, 2.75) is 25.8 Å². The summed E-state index contributed by atoms with van der Waals surface area (Å²) in [4.78, 5) is 21.0. The molecule has 27 heavy (non-hydrogen) atoms. The van der Waals surface area contributed by atoms with Crippen molar-refractivity contribution in [3.8, 4) is 0 Å². The first kappa shape index (κ1) is 22.0. The molecule has 0 bridgehead atoms. The number of hydrogen-bond donors (Lipinski definition) is 1. The van der Waals surface area contributed by atoms with Gasteiger partial charge in [0.05, 0.1) is 25.3 Å². The van der Waals surface area contributed by atoms with Crippen LogP contribution in [0.25, 0.3) is 0 Å². The monoisotopic (exact) mass is 490 g/mol. The van der Waals surface area contributed by atoms with Gasteiger partial charge in [-0.15, -0.1) is 24.0 Å². The first-order valence-corrected chi connectivity index (χ1v) is 9.45. The van der Waals surface area contributed by atoms with Gasteiger partial charge in [-0.1, -0.05) is 6.92 Å². The maximum Gasteiger partial charge on any atom is 0.310 e. The van der Waals surface area contributed by atoms with E-state index in [1.165, 1.54) is 20.0 Å². The highest BCUT2D eigenvalue weighted by atomic mass is 127. The molecular formula is C19H31IN4O3. The van der Waals surface area contributed by atoms with Gasteiger partial charge in [0.2, 0.25) is 0 Å². The summed E-state index contributed by atoms with van der Waals surface area (Å²) in [6, 6.07) is 4.18. The molecule has 8 heteroatoms. The fraction of sp³-hybridized carbons (Fsp3) is 0.684. The standard InChI is InChI=1S/C19H30N4O3.HI/c1-14-12-23(13-15(14)18(24)25-3)19(20-2)21-11-16(17-7-6-10-26-17)22-8-4-5-9-22;/h6-7,10,14-16H,4-5,8-9,11-13H2,1-3H3,(H,20,21);1H. The van der Waals surface area contributed by atoms with E-state index < -0.39 is 0 Å². The molecule has 3 atom stereocenters. The Hall–Kier alpha value is -1.29. The molecule has 0 saturated carbocycles. The Morgan fingerprint density at radius 2 is 2.15 bits per heavy atom. The number of carbonyl (C=O) groups excluding carboxylic acids is 1. The minimum absolute atomic E-state index is 0. The molecule has 2 fully saturated rings. The third-order valence-corrected chi connectivity index (χ3v) is 5.53. The molecule has 0 spiro atoms. The summed E-state index contributed by atoms with van der Waals surface area (Å²) in [5.74, 6) is 1.83. The molecule has 1 aromatic heterocycles. The lowest BCUT2D eigenvalue weighted by molar-refractivity contribution is -0.145. The van der Waals surface area contributed by atoms with Crippen LogP contribution in [0.15, 0.2) is 27.8 Å². The van der Waals surface area contributed by atoms with Crippen LogP contribution in [0, 0.1) is 11.8 Å². The van der Waals surface area contributed by atoms with E-state index in [4.69, 9.17) is 9.15 Å². The Kier molecular flexibility index (Phi) is 8.40. The van der Waals surface area contributed by atoms with Crippen molar-refractivity contribution < 1.29 is 13.9 Å². The number of esters is 1. The molecule has 0 aliphatic carbocycles. The van der Waals surface area contributed by atoms with Crippen molar-refractivity contribution in [2.24, 2.45) is 16.8 Å².